The van der Waals surface area contributed by atoms with Gasteiger partial charge in [0.2, 0.25) is 0 Å². The molecule has 3 N–H and O–H groups in total. The number of carbonyl (C=O) groups is 4. The maximum atomic E-state index is 13.4. The maximum absolute atomic E-state index is 13.4. The molecule has 5 rings (SSSR count). The Kier molecular flexibility index (Phi) is 5.44. The van der Waals surface area contributed by atoms with Gasteiger partial charge < -0.3 is 20.1 Å². The van der Waals surface area contributed by atoms with Gasteiger partial charge in [0.05, 0.1) is 28.9 Å². The van der Waals surface area contributed by atoms with Gasteiger partial charge in [-0.25, -0.2) is 19.2 Å². The van der Waals surface area contributed by atoms with Gasteiger partial charge in [-0.2, -0.15) is 0 Å². The molecular formula is C28H20O8. The van der Waals surface area contributed by atoms with Crippen molar-refractivity contribution in [2.45, 2.75) is 19.8 Å². The molecule has 0 fully saturated rings. The second kappa shape index (κ2) is 8.49. The quantitative estimate of drug-likeness (QED) is 0.114. The van der Waals surface area contributed by atoms with Gasteiger partial charge >= 0.3 is 23.9 Å². The number of ether oxygens (including phenoxy) is 1. The molecule has 0 heterocycles. The monoisotopic (exact) mass is 484 g/mol. The average molecular weight is 484 g/mol. The fraction of sp³-hybridized carbons (Fsp3) is 0.143. The Balaban J connectivity index is 2.16. The van der Waals surface area contributed by atoms with Gasteiger partial charge in [-0.3, -0.25) is 0 Å². The van der Waals surface area contributed by atoms with E-state index in [2.05, 4.69) is 0 Å². The maximum Gasteiger partial charge on any atom is 0.339 e. The van der Waals surface area contributed by atoms with Crippen LogP contribution in [0.1, 0.15) is 61.2 Å². The predicted octanol–water partition coefficient (Wildman–Crippen LogP) is 5.79. The molecule has 0 saturated carbocycles. The van der Waals surface area contributed by atoms with E-state index in [-0.39, 0.29) is 28.3 Å². The molecule has 0 aromatic heterocycles. The summed E-state index contributed by atoms with van der Waals surface area (Å²) in [7, 11) is 0. The van der Waals surface area contributed by atoms with E-state index in [1.807, 2.05) is 31.2 Å². The van der Waals surface area contributed by atoms with E-state index in [4.69, 9.17) is 4.74 Å². The zero-order valence-corrected chi connectivity index (χ0v) is 19.1. The van der Waals surface area contributed by atoms with Crippen molar-refractivity contribution in [1.82, 2.24) is 0 Å². The third-order valence-corrected chi connectivity index (χ3v) is 6.51. The van der Waals surface area contributed by atoms with Crippen LogP contribution in [-0.4, -0.2) is 45.8 Å². The van der Waals surface area contributed by atoms with E-state index >= 15 is 0 Å². The van der Waals surface area contributed by atoms with Crippen LogP contribution in [0, 0.1) is 0 Å². The molecule has 5 aromatic carbocycles. The van der Waals surface area contributed by atoms with Gasteiger partial charge in [0, 0.05) is 16.2 Å². The summed E-state index contributed by atoms with van der Waals surface area (Å²) in [6, 6.07) is 13.7. The largest absolute Gasteiger partial charge is 0.478 e. The van der Waals surface area contributed by atoms with E-state index in [0.29, 0.717) is 17.2 Å². The normalized spacial score (nSPS) is 11.5. The number of fused-ring (bicyclic) bond motifs is 2. The van der Waals surface area contributed by atoms with Gasteiger partial charge in [0.1, 0.15) is 0 Å². The number of carboxylic acids is 3. The van der Waals surface area contributed by atoms with Crippen molar-refractivity contribution in [3.05, 3.63) is 70.8 Å². The Hall–Kier alpha value is -4.72. The summed E-state index contributed by atoms with van der Waals surface area (Å²) in [5.41, 5.74) is -2.31. The minimum absolute atomic E-state index is 0.0249. The number of carboxylic acid groups (broad SMARTS) is 3. The Morgan fingerprint density at radius 3 is 1.92 bits per heavy atom. The molecule has 0 saturated heterocycles. The second-order valence-electron chi connectivity index (χ2n) is 8.52. The summed E-state index contributed by atoms with van der Waals surface area (Å²) in [6.45, 7) is 1.92. The summed E-state index contributed by atoms with van der Waals surface area (Å²) < 4.78 is 5.40. The number of aromatic carboxylic acids is 3. The van der Waals surface area contributed by atoms with Crippen LogP contribution in [0.4, 0.5) is 0 Å². The molecule has 8 nitrogen and oxygen atoms in total. The van der Waals surface area contributed by atoms with Crippen molar-refractivity contribution in [2.75, 3.05) is 6.61 Å². The average Bonchev–Trinajstić information content (AvgIpc) is 2.85. The number of benzene rings is 5. The highest BCUT2D eigenvalue weighted by Gasteiger charge is 2.34. The van der Waals surface area contributed by atoms with Gasteiger partial charge in [-0.15, -0.1) is 0 Å². The first-order chi connectivity index (χ1) is 17.3. The molecule has 0 atom stereocenters. The summed E-state index contributed by atoms with van der Waals surface area (Å²) in [4.78, 5) is 50.7. The van der Waals surface area contributed by atoms with Crippen LogP contribution in [0.3, 0.4) is 0 Å². The number of esters is 1. The Labute approximate surface area is 203 Å². The lowest BCUT2D eigenvalue weighted by molar-refractivity contribution is 0.0491. The zero-order valence-electron chi connectivity index (χ0n) is 19.1. The van der Waals surface area contributed by atoms with Crippen LogP contribution < -0.4 is 0 Å². The molecule has 0 spiro atoms. The first-order valence-electron chi connectivity index (χ1n) is 11.3. The smallest absolute Gasteiger partial charge is 0.339 e. The molecule has 0 radical (unpaired) electrons. The van der Waals surface area contributed by atoms with Gasteiger partial charge in [0.25, 0.3) is 0 Å². The van der Waals surface area contributed by atoms with Crippen molar-refractivity contribution in [3.8, 4) is 0 Å². The highest BCUT2D eigenvalue weighted by Crippen LogP contribution is 2.45. The SMILES string of the molecule is CCCCOC(=O)c1c(C(=O)O)c(C(=O)O)c2c(C(=O)O)ccc3c4cccc5cccc(c1c23)c54. The first kappa shape index (κ1) is 23.0. The van der Waals surface area contributed by atoms with Crippen LogP contribution in [0.25, 0.3) is 43.1 Å². The fourth-order valence-electron chi connectivity index (χ4n) is 5.08. The van der Waals surface area contributed by atoms with Gasteiger partial charge in [-0.1, -0.05) is 55.8 Å². The standard InChI is InChI=1S/C28H20O8/c1-2-3-12-36-28(35)24-20-16-9-5-7-13-6-4-8-14(18(13)16)15-10-11-17(25(29)30)21(19(15)20)22(26(31)32)23(24)27(33)34/h4-11H,2-3,12H2,1H3,(H,29,30)(H,31,32)(H,33,34). The van der Waals surface area contributed by atoms with E-state index in [1.54, 1.807) is 18.2 Å². The topological polar surface area (TPSA) is 138 Å². The summed E-state index contributed by atoms with van der Waals surface area (Å²) in [5, 5.41) is 33.7. The summed E-state index contributed by atoms with van der Waals surface area (Å²) in [5.74, 6) is -5.70. The molecule has 5 aromatic rings. The Morgan fingerprint density at radius 1 is 0.667 bits per heavy atom. The lowest BCUT2D eigenvalue weighted by Crippen LogP contribution is -2.19. The van der Waals surface area contributed by atoms with Crippen molar-refractivity contribution >= 4 is 67.0 Å². The Bertz CT molecular complexity index is 1740. The molecule has 36 heavy (non-hydrogen) atoms. The molecule has 0 unspecified atom stereocenters. The lowest BCUT2D eigenvalue weighted by atomic mass is 9.81. The molecule has 0 aliphatic heterocycles. The Morgan fingerprint density at radius 2 is 1.31 bits per heavy atom. The molecule has 0 aliphatic carbocycles. The van der Waals surface area contributed by atoms with Crippen molar-refractivity contribution < 1.29 is 39.2 Å². The minimum atomic E-state index is -1.67. The number of unbranched alkanes of at least 4 members (excludes halogenated alkanes) is 1. The molecule has 180 valence electrons. The van der Waals surface area contributed by atoms with Gasteiger partial charge in [-0.05, 0) is 39.4 Å². The fourth-order valence-corrected chi connectivity index (χ4v) is 5.08. The van der Waals surface area contributed by atoms with Crippen LogP contribution in [0.2, 0.25) is 0 Å². The molecule has 8 heteroatoms. The third-order valence-electron chi connectivity index (χ3n) is 6.51. The van der Waals surface area contributed by atoms with Crippen LogP contribution in [-0.2, 0) is 4.74 Å². The molecule has 0 bridgehead atoms. The molecule has 0 amide bonds. The summed E-state index contributed by atoms with van der Waals surface area (Å²) in [6.07, 6.45) is 1.26. The van der Waals surface area contributed by atoms with Crippen molar-refractivity contribution in [2.24, 2.45) is 0 Å². The minimum Gasteiger partial charge on any atom is -0.478 e. The van der Waals surface area contributed by atoms with Crippen molar-refractivity contribution in [3.63, 3.8) is 0 Å². The van der Waals surface area contributed by atoms with Gasteiger partial charge in [0.15, 0.2) is 0 Å². The van der Waals surface area contributed by atoms with Crippen LogP contribution in [0.5, 0.6) is 0 Å². The third kappa shape index (κ3) is 3.22. The van der Waals surface area contributed by atoms with E-state index in [0.717, 1.165) is 22.6 Å². The number of hydrogen-bond acceptors (Lipinski definition) is 5. The summed E-state index contributed by atoms with van der Waals surface area (Å²) >= 11 is 0. The van der Waals surface area contributed by atoms with E-state index < -0.39 is 40.6 Å². The second-order valence-corrected chi connectivity index (χ2v) is 8.52. The van der Waals surface area contributed by atoms with E-state index in [1.165, 1.54) is 6.07 Å². The number of rotatable bonds is 7. The molecular weight excluding hydrogens is 464 g/mol. The highest BCUT2D eigenvalue weighted by molar-refractivity contribution is 6.40. The van der Waals surface area contributed by atoms with Crippen LogP contribution in [0.15, 0.2) is 48.5 Å². The van der Waals surface area contributed by atoms with Crippen LogP contribution >= 0.6 is 0 Å². The molecule has 0 aliphatic rings. The highest BCUT2D eigenvalue weighted by atomic mass is 16.5. The number of carbonyl (C=O) groups excluding carboxylic acids is 1. The first-order valence-corrected chi connectivity index (χ1v) is 11.3. The zero-order chi connectivity index (χ0) is 25.7. The predicted molar refractivity (Wildman–Crippen MR) is 134 cm³/mol. The van der Waals surface area contributed by atoms with E-state index in [9.17, 15) is 34.5 Å². The number of hydrogen-bond donors (Lipinski definition) is 3. The van der Waals surface area contributed by atoms with Crippen molar-refractivity contribution in [1.29, 1.82) is 0 Å². The lowest BCUT2D eigenvalue weighted by Gasteiger charge is -2.21.